The highest BCUT2D eigenvalue weighted by Crippen LogP contribution is 2.32. The lowest BCUT2D eigenvalue weighted by molar-refractivity contribution is -0.140. The van der Waals surface area contributed by atoms with Crippen molar-refractivity contribution >= 4 is 22.6 Å². The number of hydrogen-bond donors (Lipinski definition) is 4. The second-order valence-corrected chi connectivity index (χ2v) is 7.88. The molecule has 38 heavy (non-hydrogen) atoms. The van der Waals surface area contributed by atoms with E-state index in [0.717, 1.165) is 35.2 Å². The molecule has 5 nitrogen and oxygen atoms in total. The average Bonchev–Trinajstić information content (AvgIpc) is 3.31. The number of anilines is 1. The van der Waals surface area contributed by atoms with Crippen molar-refractivity contribution in [2.45, 2.75) is 25.4 Å². The summed E-state index contributed by atoms with van der Waals surface area (Å²) >= 11 is 0. The summed E-state index contributed by atoms with van der Waals surface area (Å²) in [4.78, 5) is 15.0. The van der Waals surface area contributed by atoms with E-state index in [4.69, 9.17) is 5.73 Å². The normalized spacial score (nSPS) is 11.6. The van der Waals surface area contributed by atoms with Crippen molar-refractivity contribution in [2.24, 2.45) is 5.73 Å². The van der Waals surface area contributed by atoms with Gasteiger partial charge in [0.05, 0.1) is 16.8 Å². The van der Waals surface area contributed by atoms with E-state index in [-0.39, 0.29) is 18.7 Å². The third-order valence-corrected chi connectivity index (χ3v) is 5.21. The number of nitrogens with one attached hydrogen (secondary N) is 3. The van der Waals surface area contributed by atoms with E-state index >= 15 is 0 Å². The molecule has 5 N–H and O–H groups in total. The third-order valence-electron chi connectivity index (χ3n) is 5.21. The third kappa shape index (κ3) is 7.22. The summed E-state index contributed by atoms with van der Waals surface area (Å²) in [5, 5.41) is 5.95. The second kappa shape index (κ2) is 11.5. The highest BCUT2D eigenvalue weighted by molar-refractivity contribution is 6.00. The van der Waals surface area contributed by atoms with Crippen LogP contribution < -0.4 is 16.4 Å². The largest absolute Gasteiger partial charge is 0.419 e. The van der Waals surface area contributed by atoms with Gasteiger partial charge < -0.3 is 21.4 Å². The Kier molecular flexibility index (Phi) is 8.61. The van der Waals surface area contributed by atoms with Gasteiger partial charge in [-0.1, -0.05) is 18.2 Å². The van der Waals surface area contributed by atoms with Crippen molar-refractivity contribution in [3.8, 4) is 0 Å². The number of hydrogen-bond acceptors (Lipinski definition) is 2. The zero-order valence-corrected chi connectivity index (χ0v) is 19.3. The van der Waals surface area contributed by atoms with Crippen LogP contribution in [0.25, 0.3) is 10.9 Å². The van der Waals surface area contributed by atoms with Crippen LogP contribution >= 0.6 is 0 Å². The quantitative estimate of drug-likeness (QED) is 0.210. The Bertz CT molecular complexity index is 1410. The molecule has 4 rings (SSSR count). The van der Waals surface area contributed by atoms with Gasteiger partial charge in [-0.3, -0.25) is 0 Å². The van der Waals surface area contributed by atoms with Crippen molar-refractivity contribution in [3.05, 3.63) is 101 Å². The van der Waals surface area contributed by atoms with Gasteiger partial charge in [-0.15, -0.1) is 0 Å². The monoisotopic (exact) mass is 544 g/mol. The van der Waals surface area contributed by atoms with Crippen LogP contribution in [0, 0.1) is 11.6 Å². The molecule has 0 aliphatic heterocycles. The molecule has 3 aromatic carbocycles. The number of fused-ring (bicyclic) bond motifs is 1. The maximum absolute atomic E-state index is 13.5. The number of aromatic nitrogens is 1. The summed E-state index contributed by atoms with van der Waals surface area (Å²) in [5.41, 5.74) is 4.53. The number of aromatic amines is 1. The molecule has 0 saturated carbocycles. The van der Waals surface area contributed by atoms with E-state index < -0.39 is 41.1 Å². The van der Waals surface area contributed by atoms with E-state index in [1.54, 1.807) is 24.4 Å². The van der Waals surface area contributed by atoms with Crippen molar-refractivity contribution in [1.29, 1.82) is 0 Å². The summed E-state index contributed by atoms with van der Waals surface area (Å²) < 4.78 is 99.8. The van der Waals surface area contributed by atoms with Crippen molar-refractivity contribution in [1.82, 2.24) is 10.3 Å². The maximum atomic E-state index is 13.5. The minimum absolute atomic E-state index is 0.0229. The Morgan fingerprint density at radius 2 is 1.39 bits per heavy atom. The first kappa shape index (κ1) is 28.4. The summed E-state index contributed by atoms with van der Waals surface area (Å²) in [6, 6.07) is 11.8. The van der Waals surface area contributed by atoms with Crippen LogP contribution in [0.2, 0.25) is 0 Å². The lowest BCUT2D eigenvalue weighted by Crippen LogP contribution is -2.28. The summed E-state index contributed by atoms with van der Waals surface area (Å²) in [7, 11) is 0. The zero-order valence-electron chi connectivity index (χ0n) is 19.3. The van der Waals surface area contributed by atoms with Gasteiger partial charge in [-0.25, -0.2) is 13.6 Å². The van der Waals surface area contributed by atoms with Gasteiger partial charge in [0.15, 0.2) is 0 Å². The molecular formula is C25H20F8N4O. The number of rotatable bonds is 4. The van der Waals surface area contributed by atoms with Crippen LogP contribution in [-0.2, 0) is 25.4 Å². The Morgan fingerprint density at radius 3 is 1.95 bits per heavy atom. The molecule has 1 aromatic heterocycles. The Labute approximate surface area is 210 Å². The summed E-state index contributed by atoms with van der Waals surface area (Å²) in [5.74, 6) is -2.65. The van der Waals surface area contributed by atoms with Crippen LogP contribution in [0.15, 0.2) is 66.9 Å². The second-order valence-electron chi connectivity index (χ2n) is 7.88. The van der Waals surface area contributed by atoms with Crippen LogP contribution in [0.5, 0.6) is 0 Å². The molecule has 2 amide bonds. The van der Waals surface area contributed by atoms with Crippen LogP contribution in [0.4, 0.5) is 45.6 Å². The van der Waals surface area contributed by atoms with Gasteiger partial charge >= 0.3 is 18.4 Å². The lowest BCUT2D eigenvalue weighted by atomic mass is 10.1. The standard InChI is InChI=1S/C17H13F4N3O.C8H7F4N/c18-13-8-10(4-5-12(13)17(19,20)21)9-23-16(25)24-15-3-1-2-14-11(15)6-7-22-14;9-7-3-5(4-13)1-2-6(7)8(10,11)12/h1-8,22H,9H2,(H2,23,24,25);1-3H,4,13H2. The molecule has 0 aliphatic rings. The fourth-order valence-corrected chi connectivity index (χ4v) is 3.36. The van der Waals surface area contributed by atoms with Gasteiger partial charge in [0, 0.05) is 30.2 Å². The predicted molar refractivity (Wildman–Crippen MR) is 125 cm³/mol. The van der Waals surface area contributed by atoms with Gasteiger partial charge in [0.1, 0.15) is 11.6 Å². The fourth-order valence-electron chi connectivity index (χ4n) is 3.36. The minimum Gasteiger partial charge on any atom is -0.361 e. The Hall–Kier alpha value is -4.13. The van der Waals surface area contributed by atoms with Crippen molar-refractivity contribution in [2.75, 3.05) is 5.32 Å². The molecule has 4 aromatic rings. The predicted octanol–water partition coefficient (Wildman–Crippen LogP) is 6.95. The highest BCUT2D eigenvalue weighted by atomic mass is 19.4. The van der Waals surface area contributed by atoms with Crippen LogP contribution in [-0.4, -0.2) is 11.0 Å². The van der Waals surface area contributed by atoms with E-state index in [1.165, 1.54) is 0 Å². The molecule has 0 unspecified atom stereocenters. The van der Waals surface area contributed by atoms with Gasteiger partial charge in [-0.2, -0.15) is 26.3 Å². The smallest absolute Gasteiger partial charge is 0.361 e. The molecular weight excluding hydrogens is 524 g/mol. The van der Waals surface area contributed by atoms with Crippen molar-refractivity contribution < 1.29 is 39.9 Å². The number of carbonyl (C=O) groups excluding carboxylic acids is 1. The molecule has 0 spiro atoms. The molecule has 0 saturated heterocycles. The fraction of sp³-hybridized carbons (Fsp3) is 0.160. The number of H-pyrrole nitrogens is 1. The summed E-state index contributed by atoms with van der Waals surface area (Å²) in [6.45, 7) is -0.0843. The Balaban J connectivity index is 0.000000260. The Morgan fingerprint density at radius 1 is 0.816 bits per heavy atom. The van der Waals surface area contributed by atoms with E-state index in [0.29, 0.717) is 23.4 Å². The van der Waals surface area contributed by atoms with E-state index in [2.05, 4.69) is 15.6 Å². The minimum atomic E-state index is -4.75. The molecule has 13 heteroatoms. The lowest BCUT2D eigenvalue weighted by Gasteiger charge is -2.11. The van der Waals surface area contributed by atoms with Crippen LogP contribution in [0.3, 0.4) is 0 Å². The molecule has 0 atom stereocenters. The first-order chi connectivity index (χ1) is 17.8. The highest BCUT2D eigenvalue weighted by Gasteiger charge is 2.34. The molecule has 202 valence electrons. The number of carbonyl (C=O) groups is 1. The topological polar surface area (TPSA) is 82.9 Å². The molecule has 0 fully saturated rings. The van der Waals surface area contributed by atoms with Crippen LogP contribution in [0.1, 0.15) is 22.3 Å². The van der Waals surface area contributed by atoms with E-state index in [1.807, 2.05) is 6.07 Å². The molecule has 0 radical (unpaired) electrons. The van der Waals surface area contributed by atoms with Gasteiger partial charge in [-0.05, 0) is 53.6 Å². The number of urea groups is 1. The average molecular weight is 544 g/mol. The number of halogens is 8. The van der Waals surface area contributed by atoms with Gasteiger partial charge in [0.25, 0.3) is 0 Å². The number of nitrogens with two attached hydrogens (primary N) is 1. The first-order valence-corrected chi connectivity index (χ1v) is 10.8. The maximum Gasteiger partial charge on any atom is 0.419 e. The molecule has 0 bridgehead atoms. The van der Waals surface area contributed by atoms with Gasteiger partial charge in [0.2, 0.25) is 0 Å². The van der Waals surface area contributed by atoms with E-state index in [9.17, 15) is 39.9 Å². The number of amides is 2. The zero-order chi connectivity index (χ0) is 28.1. The SMILES string of the molecule is NCc1ccc(C(F)(F)F)c(F)c1.O=C(NCc1ccc(C(F)(F)F)c(F)c1)Nc1cccc2[nH]ccc12. The molecule has 1 heterocycles. The molecule has 0 aliphatic carbocycles. The summed E-state index contributed by atoms with van der Waals surface area (Å²) in [6.07, 6.45) is -7.65. The van der Waals surface area contributed by atoms with Crippen molar-refractivity contribution in [3.63, 3.8) is 0 Å². The first-order valence-electron chi connectivity index (χ1n) is 10.8. The number of benzene rings is 3. The number of alkyl halides is 6.